The first kappa shape index (κ1) is 13.9. The molecule has 0 unspecified atom stereocenters. The number of hydrogen-bond acceptors (Lipinski definition) is 6. The molecule has 0 saturated heterocycles. The van der Waals surface area contributed by atoms with Crippen LogP contribution in [0.25, 0.3) is 5.69 Å². The number of aromatic nitrogens is 3. The van der Waals surface area contributed by atoms with Gasteiger partial charge in [-0.15, -0.1) is 0 Å². The Morgan fingerprint density at radius 1 is 1.27 bits per heavy atom. The number of nitrogens with zero attached hydrogens (tertiary/aromatic N) is 3. The highest BCUT2D eigenvalue weighted by molar-refractivity contribution is 5.90. The highest BCUT2D eigenvalue weighted by Gasteiger charge is 2.15. The van der Waals surface area contributed by atoms with Crippen LogP contribution in [-0.4, -0.2) is 27.8 Å². The van der Waals surface area contributed by atoms with Crippen LogP contribution in [0.15, 0.2) is 53.7 Å². The van der Waals surface area contributed by atoms with Gasteiger partial charge in [-0.05, 0) is 30.3 Å². The van der Waals surface area contributed by atoms with E-state index < -0.39 is 5.97 Å². The summed E-state index contributed by atoms with van der Waals surface area (Å²) in [6.07, 6.45) is 4.51. The second-order valence-corrected chi connectivity index (χ2v) is 4.37. The van der Waals surface area contributed by atoms with Gasteiger partial charge in [-0.3, -0.25) is 0 Å². The molecule has 0 aliphatic heterocycles. The quantitative estimate of drug-likeness (QED) is 0.672. The van der Waals surface area contributed by atoms with E-state index in [0.717, 1.165) is 5.69 Å². The zero-order chi connectivity index (χ0) is 15.4. The summed E-state index contributed by atoms with van der Waals surface area (Å²) in [5, 5.41) is 4.04. The standard InChI is InChI=1S/C15H13N3O4/c1-20-15(19)13-6-7-21-14(13)8-22-12-4-2-11(3-5-12)18-10-16-9-17-18/h2-7,9-10H,8H2,1H3. The minimum absolute atomic E-state index is 0.139. The van der Waals surface area contributed by atoms with Crippen LogP contribution in [-0.2, 0) is 11.3 Å². The van der Waals surface area contributed by atoms with Gasteiger partial charge in [0.15, 0.2) is 5.76 Å². The predicted octanol–water partition coefficient (Wildman–Crippen LogP) is 2.23. The smallest absolute Gasteiger partial charge is 0.341 e. The van der Waals surface area contributed by atoms with Crippen molar-refractivity contribution in [1.29, 1.82) is 0 Å². The van der Waals surface area contributed by atoms with Crippen LogP contribution >= 0.6 is 0 Å². The summed E-state index contributed by atoms with van der Waals surface area (Å²) in [5.41, 5.74) is 1.24. The first-order valence-electron chi connectivity index (χ1n) is 6.50. The highest BCUT2D eigenvalue weighted by atomic mass is 16.5. The normalized spacial score (nSPS) is 10.4. The third-order valence-corrected chi connectivity index (χ3v) is 3.04. The lowest BCUT2D eigenvalue weighted by atomic mass is 10.2. The van der Waals surface area contributed by atoms with E-state index in [2.05, 4.69) is 14.8 Å². The third kappa shape index (κ3) is 2.83. The van der Waals surface area contributed by atoms with Gasteiger partial charge in [0.1, 0.15) is 30.6 Å². The average Bonchev–Trinajstić information content (AvgIpc) is 3.24. The monoisotopic (exact) mass is 299 g/mol. The molecule has 2 aromatic heterocycles. The van der Waals surface area contributed by atoms with Gasteiger partial charge in [0.2, 0.25) is 0 Å². The summed E-state index contributed by atoms with van der Waals surface area (Å²) >= 11 is 0. The maximum absolute atomic E-state index is 11.5. The fourth-order valence-electron chi connectivity index (χ4n) is 1.93. The molecule has 7 heteroatoms. The van der Waals surface area contributed by atoms with E-state index in [4.69, 9.17) is 9.15 Å². The topological polar surface area (TPSA) is 79.4 Å². The molecule has 1 aromatic carbocycles. The van der Waals surface area contributed by atoms with Crippen LogP contribution in [0.5, 0.6) is 5.75 Å². The molecule has 112 valence electrons. The fourth-order valence-corrected chi connectivity index (χ4v) is 1.93. The maximum Gasteiger partial charge on any atom is 0.341 e. The van der Waals surface area contributed by atoms with Crippen molar-refractivity contribution in [2.24, 2.45) is 0 Å². The number of esters is 1. The van der Waals surface area contributed by atoms with Crippen molar-refractivity contribution in [1.82, 2.24) is 14.8 Å². The van der Waals surface area contributed by atoms with E-state index in [1.807, 2.05) is 12.1 Å². The van der Waals surface area contributed by atoms with Crippen molar-refractivity contribution in [3.05, 3.63) is 60.6 Å². The van der Waals surface area contributed by atoms with Crippen molar-refractivity contribution >= 4 is 5.97 Å². The van der Waals surface area contributed by atoms with E-state index in [-0.39, 0.29) is 6.61 Å². The molecular formula is C15H13N3O4. The Labute approximate surface area is 126 Å². The molecule has 0 radical (unpaired) electrons. The lowest BCUT2D eigenvalue weighted by molar-refractivity contribution is 0.0595. The SMILES string of the molecule is COC(=O)c1ccoc1COc1ccc(-n2cncn2)cc1. The predicted molar refractivity (Wildman–Crippen MR) is 75.7 cm³/mol. The molecule has 0 N–H and O–H groups in total. The third-order valence-electron chi connectivity index (χ3n) is 3.04. The molecule has 22 heavy (non-hydrogen) atoms. The summed E-state index contributed by atoms with van der Waals surface area (Å²) < 4.78 is 17.2. The molecule has 2 heterocycles. The summed E-state index contributed by atoms with van der Waals surface area (Å²) in [7, 11) is 1.32. The molecule has 0 bridgehead atoms. The van der Waals surface area contributed by atoms with Gasteiger partial charge in [-0.25, -0.2) is 14.5 Å². The van der Waals surface area contributed by atoms with Gasteiger partial charge >= 0.3 is 5.97 Å². The Morgan fingerprint density at radius 3 is 2.77 bits per heavy atom. The number of rotatable bonds is 5. The van der Waals surface area contributed by atoms with Crippen LogP contribution in [0.4, 0.5) is 0 Å². The van der Waals surface area contributed by atoms with Gasteiger partial charge < -0.3 is 13.9 Å². The van der Waals surface area contributed by atoms with Crippen LogP contribution in [0.3, 0.4) is 0 Å². The minimum Gasteiger partial charge on any atom is -0.486 e. The molecule has 0 atom stereocenters. The fraction of sp³-hybridized carbons (Fsp3) is 0.133. The Balaban J connectivity index is 1.67. The van der Waals surface area contributed by atoms with Crippen LogP contribution in [0, 0.1) is 0 Å². The molecule has 0 fully saturated rings. The number of hydrogen-bond donors (Lipinski definition) is 0. The van der Waals surface area contributed by atoms with E-state index in [1.54, 1.807) is 29.2 Å². The summed E-state index contributed by atoms with van der Waals surface area (Å²) in [4.78, 5) is 15.4. The van der Waals surface area contributed by atoms with Crippen LogP contribution < -0.4 is 4.74 Å². The van der Waals surface area contributed by atoms with E-state index in [0.29, 0.717) is 17.1 Å². The molecule has 0 aliphatic rings. The minimum atomic E-state index is -0.450. The molecule has 7 nitrogen and oxygen atoms in total. The number of furan rings is 1. The van der Waals surface area contributed by atoms with Crippen LogP contribution in [0.1, 0.15) is 16.1 Å². The molecule has 0 spiro atoms. The van der Waals surface area contributed by atoms with Gasteiger partial charge in [-0.2, -0.15) is 5.10 Å². The van der Waals surface area contributed by atoms with Crippen molar-refractivity contribution in [3.8, 4) is 11.4 Å². The zero-order valence-electron chi connectivity index (χ0n) is 11.8. The zero-order valence-corrected chi connectivity index (χ0v) is 11.8. The van der Waals surface area contributed by atoms with Crippen molar-refractivity contribution in [2.45, 2.75) is 6.61 Å². The Kier molecular flexibility index (Phi) is 3.86. The second-order valence-electron chi connectivity index (χ2n) is 4.37. The number of carbonyl (C=O) groups excluding carboxylic acids is 1. The first-order valence-corrected chi connectivity index (χ1v) is 6.50. The molecule has 0 saturated carbocycles. The summed E-state index contributed by atoms with van der Waals surface area (Å²) in [5.74, 6) is 0.622. The molecule has 0 aliphatic carbocycles. The van der Waals surface area contributed by atoms with E-state index >= 15 is 0 Å². The largest absolute Gasteiger partial charge is 0.486 e. The van der Waals surface area contributed by atoms with Crippen molar-refractivity contribution in [3.63, 3.8) is 0 Å². The first-order chi connectivity index (χ1) is 10.8. The number of carbonyl (C=O) groups is 1. The van der Waals surface area contributed by atoms with E-state index in [1.165, 1.54) is 19.7 Å². The van der Waals surface area contributed by atoms with Gasteiger partial charge in [0.05, 0.1) is 19.1 Å². The lowest BCUT2D eigenvalue weighted by Gasteiger charge is -2.07. The molecule has 0 amide bonds. The van der Waals surface area contributed by atoms with Gasteiger partial charge in [0.25, 0.3) is 0 Å². The highest BCUT2D eigenvalue weighted by Crippen LogP contribution is 2.18. The second kappa shape index (κ2) is 6.13. The average molecular weight is 299 g/mol. The Bertz CT molecular complexity index is 747. The molecule has 3 rings (SSSR count). The van der Waals surface area contributed by atoms with Gasteiger partial charge in [0, 0.05) is 0 Å². The number of benzene rings is 1. The van der Waals surface area contributed by atoms with Crippen LogP contribution in [0.2, 0.25) is 0 Å². The lowest BCUT2D eigenvalue weighted by Crippen LogP contribution is -2.05. The molecule has 3 aromatic rings. The summed E-state index contributed by atoms with van der Waals surface area (Å²) in [6.45, 7) is 0.139. The van der Waals surface area contributed by atoms with Crippen molar-refractivity contribution in [2.75, 3.05) is 7.11 Å². The Morgan fingerprint density at radius 2 is 2.09 bits per heavy atom. The van der Waals surface area contributed by atoms with Crippen molar-refractivity contribution < 1.29 is 18.7 Å². The Hall–Kier alpha value is -3.09. The molecular weight excluding hydrogens is 286 g/mol. The summed E-state index contributed by atoms with van der Waals surface area (Å²) in [6, 6.07) is 8.87. The van der Waals surface area contributed by atoms with Gasteiger partial charge in [-0.1, -0.05) is 0 Å². The number of methoxy groups -OCH3 is 1. The van der Waals surface area contributed by atoms with E-state index in [9.17, 15) is 4.79 Å². The number of ether oxygens (including phenoxy) is 2. The maximum atomic E-state index is 11.5.